The van der Waals surface area contributed by atoms with Crippen molar-refractivity contribution in [2.24, 2.45) is 0 Å². The molecule has 0 amide bonds. The number of piperazine rings is 1. The van der Waals surface area contributed by atoms with Gasteiger partial charge in [-0.05, 0) is 61.1 Å². The molecule has 4 bridgehead atoms. The fourth-order valence-electron chi connectivity index (χ4n) is 9.60. The number of hydrogen-bond donors (Lipinski definition) is 5. The minimum atomic E-state index is -1.36. The summed E-state index contributed by atoms with van der Waals surface area (Å²) in [4.78, 5) is 29.4. The number of ether oxygens (including phenoxy) is 6. The topological polar surface area (TPSA) is 178 Å². The number of hydrogen-bond acceptors (Lipinski definition) is 15. The highest BCUT2D eigenvalue weighted by Crippen LogP contribution is 2.63. The molecule has 3 aromatic carbocycles. The number of carbonyl (C=O) groups excluding carboxylic acids is 2. The minimum Gasteiger partial charge on any atom is -0.504 e. The van der Waals surface area contributed by atoms with Crippen molar-refractivity contribution in [2.45, 2.75) is 74.8 Å². The van der Waals surface area contributed by atoms with Crippen LogP contribution < -0.4 is 34.3 Å². The Kier molecular flexibility index (Phi) is 7.98. The maximum absolute atomic E-state index is 14.6. The monoisotopic (exact) mass is 747 g/mol. The van der Waals surface area contributed by atoms with Crippen molar-refractivity contribution in [3.05, 3.63) is 62.7 Å². The summed E-state index contributed by atoms with van der Waals surface area (Å²) in [6.07, 6.45) is -0.0673. The Labute approximate surface area is 309 Å². The van der Waals surface area contributed by atoms with E-state index in [1.54, 1.807) is 12.1 Å². The van der Waals surface area contributed by atoms with Crippen LogP contribution in [0.25, 0.3) is 0 Å². The Hall–Kier alpha value is -4.41. The van der Waals surface area contributed by atoms with Crippen LogP contribution in [0.3, 0.4) is 0 Å². The van der Waals surface area contributed by atoms with Crippen LogP contribution in [0.1, 0.15) is 68.8 Å². The molecule has 15 heteroatoms. The van der Waals surface area contributed by atoms with Gasteiger partial charge in [-0.25, -0.2) is 4.79 Å². The number of aliphatic hydroxyl groups excluding tert-OH is 1. The summed E-state index contributed by atoms with van der Waals surface area (Å²) < 4.78 is 35.8. The van der Waals surface area contributed by atoms with Gasteiger partial charge in [0.1, 0.15) is 18.6 Å². The number of phenolic OH excluding ortho intramolecular Hbond substituents is 2. The fourth-order valence-corrected chi connectivity index (χ4v) is 11.3. The summed E-state index contributed by atoms with van der Waals surface area (Å²) in [7, 11) is 2.98. The molecule has 0 aromatic heterocycles. The highest BCUT2D eigenvalue weighted by Gasteiger charge is 2.60. The SMILES string of the molecule is COc1cc2c(cc1O)CCN[C@]21CS[C@@H]2c3c(OC(C)=O)c(C)c4c(c3[C@H](COC1=O)N1[C@@H]2[C@H]2N[C@H](Cc3cc(C)c(OC)c(O)c32)[C@@H]1O)OCO4. The van der Waals surface area contributed by atoms with Crippen LogP contribution in [0.5, 0.6) is 40.2 Å². The molecule has 1 spiro atoms. The van der Waals surface area contributed by atoms with Crippen molar-refractivity contribution in [3.8, 4) is 40.2 Å². The smallest absolute Gasteiger partial charge is 0.331 e. The molecule has 5 N–H and O–H groups in total. The number of aromatic hydroxyl groups is 2. The second-order valence-corrected chi connectivity index (χ2v) is 15.6. The molecule has 14 nitrogen and oxygen atoms in total. The molecule has 7 heterocycles. The number of fused-ring (bicyclic) bond motifs is 9. The molecule has 0 saturated carbocycles. The zero-order valence-electron chi connectivity index (χ0n) is 29.9. The van der Waals surface area contributed by atoms with Crippen LogP contribution in [-0.2, 0) is 32.7 Å². The second kappa shape index (κ2) is 12.3. The van der Waals surface area contributed by atoms with Gasteiger partial charge in [0.2, 0.25) is 6.79 Å². The number of rotatable bonds is 3. The van der Waals surface area contributed by atoms with E-state index >= 15 is 0 Å². The first-order valence-corrected chi connectivity index (χ1v) is 18.7. The third-order valence-electron chi connectivity index (χ3n) is 11.8. The van der Waals surface area contributed by atoms with Crippen molar-refractivity contribution in [1.82, 2.24) is 15.5 Å². The lowest BCUT2D eigenvalue weighted by atomic mass is 9.74. The summed E-state index contributed by atoms with van der Waals surface area (Å²) in [5.41, 5.74) is 4.27. The number of nitrogens with one attached hydrogen (secondary N) is 2. The summed E-state index contributed by atoms with van der Waals surface area (Å²) in [6.45, 7) is 5.23. The zero-order valence-corrected chi connectivity index (χ0v) is 30.7. The maximum atomic E-state index is 14.6. The molecule has 2 fully saturated rings. The zero-order chi connectivity index (χ0) is 37.1. The molecule has 7 aliphatic heterocycles. The molecule has 7 atom stereocenters. The fraction of sp³-hybridized carbons (Fsp3) is 0.474. The summed E-state index contributed by atoms with van der Waals surface area (Å²) >= 11 is 1.45. The Morgan fingerprint density at radius 3 is 2.57 bits per heavy atom. The first-order valence-electron chi connectivity index (χ1n) is 17.7. The van der Waals surface area contributed by atoms with Gasteiger partial charge >= 0.3 is 11.9 Å². The van der Waals surface area contributed by atoms with E-state index in [1.165, 1.54) is 32.9 Å². The molecule has 3 aromatic rings. The van der Waals surface area contributed by atoms with Gasteiger partial charge in [0.05, 0.1) is 37.6 Å². The third-order valence-corrected chi connectivity index (χ3v) is 13.2. The van der Waals surface area contributed by atoms with Crippen molar-refractivity contribution >= 4 is 23.7 Å². The molecule has 0 unspecified atom stereocenters. The minimum absolute atomic E-state index is 0.0210. The summed E-state index contributed by atoms with van der Waals surface area (Å²) in [5, 5.41) is 41.5. The largest absolute Gasteiger partial charge is 0.504 e. The molecule has 0 radical (unpaired) electrons. The van der Waals surface area contributed by atoms with E-state index in [1.807, 2.05) is 24.8 Å². The number of methoxy groups -OCH3 is 2. The lowest BCUT2D eigenvalue weighted by Crippen LogP contribution is -2.69. The van der Waals surface area contributed by atoms with Gasteiger partial charge in [-0.15, -0.1) is 11.8 Å². The van der Waals surface area contributed by atoms with Crippen molar-refractivity contribution in [1.29, 1.82) is 0 Å². The highest BCUT2D eigenvalue weighted by molar-refractivity contribution is 7.99. The molecule has 2 saturated heterocycles. The molecular weight excluding hydrogens is 706 g/mol. The number of esters is 2. The highest BCUT2D eigenvalue weighted by atomic mass is 32.2. The average molecular weight is 748 g/mol. The van der Waals surface area contributed by atoms with E-state index in [2.05, 4.69) is 10.6 Å². The van der Waals surface area contributed by atoms with Crippen molar-refractivity contribution in [2.75, 3.05) is 39.9 Å². The van der Waals surface area contributed by atoms with Crippen LogP contribution in [0.15, 0.2) is 18.2 Å². The van der Waals surface area contributed by atoms with E-state index in [0.29, 0.717) is 70.2 Å². The van der Waals surface area contributed by atoms with E-state index in [-0.39, 0.29) is 36.4 Å². The lowest BCUT2D eigenvalue weighted by molar-refractivity contribution is -0.164. The number of nitrogens with zero attached hydrogens (tertiary/aromatic N) is 1. The van der Waals surface area contributed by atoms with Crippen LogP contribution >= 0.6 is 11.8 Å². The van der Waals surface area contributed by atoms with Crippen LogP contribution in [-0.4, -0.2) is 90.4 Å². The van der Waals surface area contributed by atoms with Gasteiger partial charge in [0, 0.05) is 47.5 Å². The third kappa shape index (κ3) is 4.80. The van der Waals surface area contributed by atoms with Crippen LogP contribution in [0.2, 0.25) is 0 Å². The molecular formula is C38H41N3O11S. The molecule has 7 aliphatic rings. The molecule has 0 aliphatic carbocycles. The maximum Gasteiger partial charge on any atom is 0.331 e. The number of benzene rings is 3. The Bertz CT molecular complexity index is 2090. The van der Waals surface area contributed by atoms with Gasteiger partial charge in [0.15, 0.2) is 40.0 Å². The van der Waals surface area contributed by atoms with Crippen LogP contribution in [0.4, 0.5) is 0 Å². The Morgan fingerprint density at radius 2 is 1.81 bits per heavy atom. The predicted octanol–water partition coefficient (Wildman–Crippen LogP) is 3.07. The van der Waals surface area contributed by atoms with Gasteiger partial charge in [-0.2, -0.15) is 0 Å². The van der Waals surface area contributed by atoms with Crippen molar-refractivity contribution in [3.63, 3.8) is 0 Å². The second-order valence-electron chi connectivity index (χ2n) is 14.5. The Balaban J connectivity index is 1.31. The Morgan fingerprint density at radius 1 is 1.02 bits per heavy atom. The summed E-state index contributed by atoms with van der Waals surface area (Å²) in [6, 6.07) is 2.99. The van der Waals surface area contributed by atoms with Gasteiger partial charge in [0.25, 0.3) is 0 Å². The standard InChI is InChI=1S/C38H41N3O11S/c1-15-8-19-9-21-36(45)41-22-12-49-37(46)38(20-11-24(47-4)23(43)10-18(20)6-7-39-38)13-53-35(29(41)28(40-21)25(19)30(44)31(15)48-5)27-26(22)34-33(50-14-51-34)16(2)32(27)52-17(3)42/h8,10-11,21-22,28-29,35-36,39-40,43-45H,6-7,9,12-14H2,1-5H3/t21-,22+,28+,29-,35-,36+,38-/m1/s1. The normalized spacial score (nSPS) is 29.4. The number of thioether (sulfide) groups is 1. The van der Waals surface area contributed by atoms with E-state index in [0.717, 1.165) is 16.7 Å². The molecule has 280 valence electrons. The van der Waals surface area contributed by atoms with Gasteiger partial charge < -0.3 is 49.1 Å². The van der Waals surface area contributed by atoms with Crippen molar-refractivity contribution < 1.29 is 53.3 Å². The van der Waals surface area contributed by atoms with E-state index in [9.17, 15) is 24.9 Å². The summed E-state index contributed by atoms with van der Waals surface area (Å²) in [5.74, 6) is 0.890. The van der Waals surface area contributed by atoms with E-state index < -0.39 is 53.1 Å². The molecule has 10 rings (SSSR count). The van der Waals surface area contributed by atoms with Gasteiger partial charge in [-0.1, -0.05) is 6.07 Å². The average Bonchev–Trinajstić information content (AvgIpc) is 3.63. The first kappa shape index (κ1) is 34.4. The lowest BCUT2D eigenvalue weighted by Gasteiger charge is -2.59. The number of aliphatic hydroxyl groups is 1. The number of aryl methyl sites for hydroxylation is 1. The van der Waals surface area contributed by atoms with Gasteiger partial charge in [-0.3, -0.25) is 15.0 Å². The molecule has 53 heavy (non-hydrogen) atoms. The number of carbonyl (C=O) groups is 2. The predicted molar refractivity (Wildman–Crippen MR) is 190 cm³/mol. The quantitative estimate of drug-likeness (QED) is 0.195. The van der Waals surface area contributed by atoms with E-state index in [4.69, 9.17) is 28.4 Å². The van der Waals surface area contributed by atoms with Crippen LogP contribution in [0, 0.1) is 13.8 Å². The first-order chi connectivity index (χ1) is 25.5. The number of phenols is 2.